The molecule has 1 N–H and O–H groups in total. The van der Waals surface area contributed by atoms with Gasteiger partial charge >= 0.3 is 0 Å². The van der Waals surface area contributed by atoms with E-state index in [1.807, 2.05) is 69.3 Å². The van der Waals surface area contributed by atoms with Gasteiger partial charge in [0.25, 0.3) is 11.7 Å². The zero-order valence-corrected chi connectivity index (χ0v) is 22.1. The van der Waals surface area contributed by atoms with Crippen molar-refractivity contribution in [2.24, 2.45) is 0 Å². The molecular formula is C32H33NO5. The van der Waals surface area contributed by atoms with E-state index in [1.54, 1.807) is 18.2 Å². The van der Waals surface area contributed by atoms with Crippen molar-refractivity contribution in [3.05, 3.63) is 94.6 Å². The van der Waals surface area contributed by atoms with Gasteiger partial charge in [-0.2, -0.15) is 0 Å². The molecule has 0 bridgehead atoms. The SMILES string of the molecule is CCOc1cccc(N2C(=O)C(=O)/C(=C(\O)c3ccc4c(c3)CCCC4)C2c2cccc(OC(C)C)c2)c1. The van der Waals surface area contributed by atoms with Gasteiger partial charge in [0, 0.05) is 17.3 Å². The van der Waals surface area contributed by atoms with Crippen LogP contribution in [-0.4, -0.2) is 29.5 Å². The molecule has 3 aromatic rings. The van der Waals surface area contributed by atoms with E-state index in [1.165, 1.54) is 16.0 Å². The maximum absolute atomic E-state index is 13.6. The summed E-state index contributed by atoms with van der Waals surface area (Å²) in [6.45, 7) is 6.23. The Balaban J connectivity index is 1.68. The number of nitrogens with zero attached hydrogens (tertiary/aromatic N) is 1. The maximum Gasteiger partial charge on any atom is 0.300 e. The first-order valence-electron chi connectivity index (χ1n) is 13.3. The van der Waals surface area contributed by atoms with E-state index in [0.29, 0.717) is 34.9 Å². The average Bonchev–Trinajstić information content (AvgIpc) is 3.18. The number of carbonyl (C=O) groups excluding carboxylic acids is 2. The number of fused-ring (bicyclic) bond motifs is 1. The fourth-order valence-corrected chi connectivity index (χ4v) is 5.37. The third kappa shape index (κ3) is 4.91. The Hall–Kier alpha value is -4.06. The van der Waals surface area contributed by atoms with Crippen molar-refractivity contribution in [1.29, 1.82) is 0 Å². The van der Waals surface area contributed by atoms with Crippen molar-refractivity contribution in [3.63, 3.8) is 0 Å². The van der Waals surface area contributed by atoms with Crippen molar-refractivity contribution >= 4 is 23.1 Å². The number of aliphatic hydroxyl groups is 1. The normalized spacial score (nSPS) is 18.5. The Morgan fingerprint density at radius 3 is 2.45 bits per heavy atom. The summed E-state index contributed by atoms with van der Waals surface area (Å²) in [5.74, 6) is -0.363. The molecule has 6 heteroatoms. The number of amides is 1. The van der Waals surface area contributed by atoms with Gasteiger partial charge in [-0.1, -0.05) is 30.3 Å². The molecule has 1 fully saturated rings. The summed E-state index contributed by atoms with van der Waals surface area (Å²) in [6.07, 6.45) is 4.15. The number of anilines is 1. The van der Waals surface area contributed by atoms with E-state index in [2.05, 4.69) is 0 Å². The van der Waals surface area contributed by atoms with Gasteiger partial charge in [-0.15, -0.1) is 0 Å². The van der Waals surface area contributed by atoms with Gasteiger partial charge in [-0.3, -0.25) is 14.5 Å². The van der Waals surface area contributed by atoms with Crippen LogP contribution in [0.25, 0.3) is 5.76 Å². The molecule has 1 amide bonds. The van der Waals surface area contributed by atoms with Gasteiger partial charge in [-0.25, -0.2) is 0 Å². The van der Waals surface area contributed by atoms with Gasteiger partial charge in [-0.05, 0) is 93.5 Å². The quantitative estimate of drug-likeness (QED) is 0.226. The summed E-state index contributed by atoms with van der Waals surface area (Å²) in [5, 5.41) is 11.6. The molecular weight excluding hydrogens is 478 g/mol. The second-order valence-electron chi connectivity index (χ2n) is 10.0. The maximum atomic E-state index is 13.6. The first-order valence-corrected chi connectivity index (χ1v) is 13.3. The Morgan fingerprint density at radius 2 is 1.68 bits per heavy atom. The van der Waals surface area contributed by atoms with Crippen LogP contribution in [0.2, 0.25) is 0 Å². The second kappa shape index (κ2) is 10.7. The van der Waals surface area contributed by atoms with Gasteiger partial charge in [0.15, 0.2) is 0 Å². The van der Waals surface area contributed by atoms with Gasteiger partial charge in [0.2, 0.25) is 0 Å². The summed E-state index contributed by atoms with van der Waals surface area (Å²) in [4.78, 5) is 28.6. The van der Waals surface area contributed by atoms with Crippen LogP contribution in [-0.2, 0) is 22.4 Å². The van der Waals surface area contributed by atoms with Crippen LogP contribution in [0.15, 0.2) is 72.3 Å². The molecule has 1 atom stereocenters. The summed E-state index contributed by atoms with van der Waals surface area (Å²) in [7, 11) is 0. The first-order chi connectivity index (χ1) is 18.4. The van der Waals surface area contributed by atoms with Crippen molar-refractivity contribution in [2.45, 2.75) is 58.6 Å². The highest BCUT2D eigenvalue weighted by Crippen LogP contribution is 2.43. The number of benzene rings is 3. The zero-order chi connectivity index (χ0) is 26.8. The first kappa shape index (κ1) is 25.6. The average molecular weight is 512 g/mol. The van der Waals surface area contributed by atoms with Gasteiger partial charge < -0.3 is 14.6 Å². The number of hydrogen-bond acceptors (Lipinski definition) is 5. The number of rotatable bonds is 7. The highest BCUT2D eigenvalue weighted by Gasteiger charge is 2.47. The highest BCUT2D eigenvalue weighted by atomic mass is 16.5. The molecule has 5 rings (SSSR count). The molecule has 1 heterocycles. The van der Waals surface area contributed by atoms with Crippen molar-refractivity contribution < 1.29 is 24.2 Å². The highest BCUT2D eigenvalue weighted by molar-refractivity contribution is 6.51. The van der Waals surface area contributed by atoms with Crippen LogP contribution < -0.4 is 14.4 Å². The molecule has 1 saturated heterocycles. The third-order valence-electron chi connectivity index (χ3n) is 7.02. The van der Waals surface area contributed by atoms with Crippen LogP contribution >= 0.6 is 0 Å². The molecule has 6 nitrogen and oxygen atoms in total. The van der Waals surface area contributed by atoms with Crippen LogP contribution in [0.1, 0.15) is 61.9 Å². The summed E-state index contributed by atoms with van der Waals surface area (Å²) < 4.78 is 11.6. The van der Waals surface area contributed by atoms with Crippen molar-refractivity contribution in [1.82, 2.24) is 0 Å². The Kier molecular flexibility index (Phi) is 7.23. The lowest BCUT2D eigenvalue weighted by Gasteiger charge is -2.26. The lowest BCUT2D eigenvalue weighted by Crippen LogP contribution is -2.29. The van der Waals surface area contributed by atoms with Crippen molar-refractivity contribution in [2.75, 3.05) is 11.5 Å². The van der Waals surface area contributed by atoms with Crippen molar-refractivity contribution in [3.8, 4) is 11.5 Å². The topological polar surface area (TPSA) is 76.1 Å². The van der Waals surface area contributed by atoms with E-state index in [4.69, 9.17) is 9.47 Å². The molecule has 0 aromatic heterocycles. The number of ketones is 1. The fourth-order valence-electron chi connectivity index (χ4n) is 5.37. The fraction of sp³-hybridized carbons (Fsp3) is 0.312. The van der Waals surface area contributed by atoms with Crippen LogP contribution in [0.5, 0.6) is 11.5 Å². The molecule has 2 aliphatic rings. The molecule has 0 radical (unpaired) electrons. The molecule has 0 saturated carbocycles. The number of aliphatic hydroxyl groups excluding tert-OH is 1. The predicted octanol–water partition coefficient (Wildman–Crippen LogP) is 6.38. The molecule has 1 aliphatic carbocycles. The molecule has 3 aromatic carbocycles. The van der Waals surface area contributed by atoms with E-state index in [0.717, 1.165) is 25.7 Å². The van der Waals surface area contributed by atoms with E-state index < -0.39 is 17.7 Å². The van der Waals surface area contributed by atoms with Crippen LogP contribution in [0.4, 0.5) is 5.69 Å². The number of aryl methyl sites for hydroxylation is 2. The molecule has 196 valence electrons. The predicted molar refractivity (Wildman–Crippen MR) is 148 cm³/mol. The number of carbonyl (C=O) groups is 2. The second-order valence-corrected chi connectivity index (χ2v) is 10.0. The van der Waals surface area contributed by atoms with Gasteiger partial charge in [0.1, 0.15) is 17.3 Å². The molecule has 1 unspecified atom stereocenters. The monoisotopic (exact) mass is 511 g/mol. The van der Waals surface area contributed by atoms with Gasteiger partial charge in [0.05, 0.1) is 24.3 Å². The lowest BCUT2D eigenvalue weighted by atomic mass is 9.88. The minimum Gasteiger partial charge on any atom is -0.507 e. The number of ether oxygens (including phenoxy) is 2. The van der Waals surface area contributed by atoms with Crippen LogP contribution in [0, 0.1) is 0 Å². The van der Waals surface area contributed by atoms with E-state index in [-0.39, 0.29) is 17.4 Å². The molecule has 1 aliphatic heterocycles. The molecule has 38 heavy (non-hydrogen) atoms. The van der Waals surface area contributed by atoms with E-state index in [9.17, 15) is 14.7 Å². The smallest absolute Gasteiger partial charge is 0.300 e. The summed E-state index contributed by atoms with van der Waals surface area (Å²) in [5.41, 5.74) is 4.26. The summed E-state index contributed by atoms with van der Waals surface area (Å²) in [6, 6.07) is 19.5. The zero-order valence-electron chi connectivity index (χ0n) is 22.1. The largest absolute Gasteiger partial charge is 0.507 e. The Labute approximate surface area is 223 Å². The summed E-state index contributed by atoms with van der Waals surface area (Å²) >= 11 is 0. The minimum atomic E-state index is -0.835. The van der Waals surface area contributed by atoms with Crippen LogP contribution in [0.3, 0.4) is 0 Å². The molecule has 0 spiro atoms. The third-order valence-corrected chi connectivity index (χ3v) is 7.02. The Morgan fingerprint density at radius 1 is 0.947 bits per heavy atom. The Bertz CT molecular complexity index is 1410. The number of Topliss-reactive ketones (excluding diaryl/α,β-unsaturated/α-hetero) is 1. The standard InChI is InChI=1S/C32H33NO5/c1-4-37-26-13-8-12-25(19-26)33-29(23-11-7-14-27(18-23)38-20(2)3)28(31(35)32(33)36)30(34)24-16-15-21-9-5-6-10-22(21)17-24/h7-8,11-20,29,34H,4-6,9-10H2,1-3H3/b30-28-. The minimum absolute atomic E-state index is 0.0463. The van der Waals surface area contributed by atoms with E-state index >= 15 is 0 Å². The number of hydrogen-bond donors (Lipinski definition) is 1. The lowest BCUT2D eigenvalue weighted by molar-refractivity contribution is -0.132.